The van der Waals surface area contributed by atoms with Crippen molar-refractivity contribution in [3.8, 4) is 44.5 Å². The fraction of sp³-hybridized carbons (Fsp3) is 0. The van der Waals surface area contributed by atoms with Crippen LogP contribution in [0.3, 0.4) is 0 Å². The van der Waals surface area contributed by atoms with Crippen molar-refractivity contribution in [3.63, 3.8) is 0 Å². The molecule has 0 N–H and O–H groups in total. The van der Waals surface area contributed by atoms with Gasteiger partial charge in [-0.2, -0.15) is 0 Å². The van der Waals surface area contributed by atoms with Gasteiger partial charge in [0.25, 0.3) is 0 Å². The van der Waals surface area contributed by atoms with Crippen LogP contribution in [0.5, 0.6) is 0 Å². The number of para-hydroxylation sites is 1. The lowest BCUT2D eigenvalue weighted by Gasteiger charge is -2.18. The Hall–Kier alpha value is -9.96. The summed E-state index contributed by atoms with van der Waals surface area (Å²) in [6.45, 7) is 0. The van der Waals surface area contributed by atoms with Crippen molar-refractivity contribution in [1.29, 1.82) is 0 Å². The molecule has 0 spiro atoms. The number of furan rings is 3. The summed E-state index contributed by atoms with van der Waals surface area (Å²) in [5.41, 5.74) is 14.6. The molecule has 75 heavy (non-hydrogen) atoms. The van der Waals surface area contributed by atoms with Crippen LogP contribution in [0, 0.1) is 0 Å². The summed E-state index contributed by atoms with van der Waals surface area (Å²) < 4.78 is 20.2. The third kappa shape index (κ3) is 5.70. The van der Waals surface area contributed by atoms with E-state index in [2.05, 4.69) is 243 Å². The second-order valence-corrected chi connectivity index (χ2v) is 20.1. The molecule has 3 aromatic heterocycles. The van der Waals surface area contributed by atoms with Gasteiger partial charge in [-0.1, -0.05) is 200 Å². The van der Waals surface area contributed by atoms with Crippen LogP contribution in [0.4, 0.5) is 0 Å². The topological polar surface area (TPSA) is 39.4 Å². The molecule has 0 atom stereocenters. The van der Waals surface area contributed by atoms with Crippen LogP contribution in [0.15, 0.2) is 256 Å². The lowest BCUT2D eigenvalue weighted by atomic mass is 9.84. The van der Waals surface area contributed by atoms with Crippen LogP contribution >= 0.6 is 0 Å². The van der Waals surface area contributed by atoms with Crippen LogP contribution in [-0.2, 0) is 0 Å². The van der Waals surface area contributed by atoms with Crippen molar-refractivity contribution >= 4 is 130 Å². The molecule has 0 fully saturated rings. The van der Waals surface area contributed by atoms with Gasteiger partial charge >= 0.3 is 0 Å². The monoisotopic (exact) mass is 952 g/mol. The number of rotatable bonds is 4. The highest BCUT2D eigenvalue weighted by molar-refractivity contribution is 6.30. The molecule has 14 aromatic carbocycles. The summed E-state index contributed by atoms with van der Waals surface area (Å²) in [6, 6.07) is 88.0. The number of hydrogen-bond acceptors (Lipinski definition) is 3. The smallest absolute Gasteiger partial charge is 0.143 e. The van der Waals surface area contributed by atoms with Gasteiger partial charge in [-0.3, -0.25) is 0 Å². The molecule has 3 nitrogen and oxygen atoms in total. The Bertz CT molecular complexity index is 5200. The predicted octanol–water partition coefficient (Wildman–Crippen LogP) is 21.0. The third-order valence-corrected chi connectivity index (χ3v) is 16.2. The highest BCUT2D eigenvalue weighted by atomic mass is 16.3. The average molecular weight is 953 g/mol. The molecule has 17 rings (SSSR count). The van der Waals surface area contributed by atoms with Gasteiger partial charge in [-0.15, -0.1) is 0 Å². The van der Waals surface area contributed by atoms with Crippen LogP contribution in [0.1, 0.15) is 0 Å². The van der Waals surface area contributed by atoms with Crippen molar-refractivity contribution < 1.29 is 13.3 Å². The van der Waals surface area contributed by atoms with E-state index in [0.717, 1.165) is 93.6 Å². The second-order valence-electron chi connectivity index (χ2n) is 20.1. The Morgan fingerprint density at radius 1 is 0.200 bits per heavy atom. The Morgan fingerprint density at radius 2 is 0.560 bits per heavy atom. The minimum atomic E-state index is 0.857. The van der Waals surface area contributed by atoms with E-state index in [-0.39, 0.29) is 0 Å². The van der Waals surface area contributed by atoms with Gasteiger partial charge < -0.3 is 13.3 Å². The maximum absolute atomic E-state index is 7.22. The van der Waals surface area contributed by atoms with E-state index in [0.29, 0.717) is 0 Å². The summed E-state index contributed by atoms with van der Waals surface area (Å²) >= 11 is 0. The summed E-state index contributed by atoms with van der Waals surface area (Å²) in [6.07, 6.45) is 0. The summed E-state index contributed by atoms with van der Waals surface area (Å²) in [5, 5.41) is 21.0. The molecule has 0 bridgehead atoms. The maximum atomic E-state index is 7.22. The zero-order valence-corrected chi connectivity index (χ0v) is 40.3. The molecular formula is C72H40O3. The van der Waals surface area contributed by atoms with Crippen LogP contribution < -0.4 is 0 Å². The lowest BCUT2D eigenvalue weighted by molar-refractivity contribution is 0.669. The fourth-order valence-corrected chi connectivity index (χ4v) is 13.1. The molecule has 0 aliphatic rings. The van der Waals surface area contributed by atoms with Crippen molar-refractivity contribution in [2.75, 3.05) is 0 Å². The fourth-order valence-electron chi connectivity index (χ4n) is 13.1. The molecule has 0 saturated carbocycles. The first-order chi connectivity index (χ1) is 37.2. The highest BCUT2D eigenvalue weighted by Gasteiger charge is 2.25. The van der Waals surface area contributed by atoms with E-state index in [9.17, 15) is 0 Å². The standard InChI is InChI=1S/C72H40O3/c1-3-17-45-41(15-1)31-37-63-69(45)58-39-43(33-35-60(58)73-63)65-47-19-5-9-23-51(47)67(52-24-10-6-20-48(52)65)55-27-14-30-62-71(55)57-29-13-28-56(72(57)75-62)68-53-25-11-7-21-49(53)66(50-22-8-12-26-54(50)68)44-34-36-61-59(40-44)70-46-18-4-2-16-42(46)32-38-64(70)74-61/h1-40H. The van der Waals surface area contributed by atoms with Crippen molar-refractivity contribution in [1.82, 2.24) is 0 Å². The normalized spacial score (nSPS) is 12.3. The van der Waals surface area contributed by atoms with Gasteiger partial charge in [0.15, 0.2) is 0 Å². The lowest BCUT2D eigenvalue weighted by Crippen LogP contribution is -1.91. The first-order valence-corrected chi connectivity index (χ1v) is 25.7. The third-order valence-electron chi connectivity index (χ3n) is 16.2. The van der Waals surface area contributed by atoms with E-state index in [1.165, 1.54) is 81.3 Å². The minimum Gasteiger partial charge on any atom is -0.456 e. The van der Waals surface area contributed by atoms with E-state index >= 15 is 0 Å². The van der Waals surface area contributed by atoms with E-state index in [4.69, 9.17) is 13.3 Å². The molecule has 346 valence electrons. The Balaban J connectivity index is 0.890. The number of hydrogen-bond donors (Lipinski definition) is 0. The summed E-state index contributed by atoms with van der Waals surface area (Å²) in [4.78, 5) is 0. The zero-order valence-electron chi connectivity index (χ0n) is 40.3. The predicted molar refractivity (Wildman–Crippen MR) is 315 cm³/mol. The van der Waals surface area contributed by atoms with Gasteiger partial charge in [0, 0.05) is 43.4 Å². The van der Waals surface area contributed by atoms with Gasteiger partial charge in [0.2, 0.25) is 0 Å². The second kappa shape index (κ2) is 15.3. The molecule has 0 amide bonds. The number of fused-ring (bicyclic) bond motifs is 17. The quantitative estimate of drug-likeness (QED) is 0.165. The Morgan fingerprint density at radius 3 is 1.04 bits per heavy atom. The molecule has 0 aliphatic heterocycles. The summed E-state index contributed by atoms with van der Waals surface area (Å²) in [7, 11) is 0. The van der Waals surface area contributed by atoms with Gasteiger partial charge in [0.05, 0.1) is 0 Å². The molecule has 3 heterocycles. The van der Waals surface area contributed by atoms with Gasteiger partial charge in [-0.05, 0) is 140 Å². The first-order valence-electron chi connectivity index (χ1n) is 25.7. The first kappa shape index (κ1) is 40.6. The van der Waals surface area contributed by atoms with E-state index < -0.39 is 0 Å². The largest absolute Gasteiger partial charge is 0.456 e. The highest BCUT2D eigenvalue weighted by Crippen LogP contribution is 2.51. The van der Waals surface area contributed by atoms with E-state index in [1.54, 1.807) is 0 Å². The maximum Gasteiger partial charge on any atom is 0.143 e. The molecule has 0 unspecified atom stereocenters. The number of benzene rings is 14. The molecule has 0 radical (unpaired) electrons. The van der Waals surface area contributed by atoms with Crippen molar-refractivity contribution in [2.45, 2.75) is 0 Å². The van der Waals surface area contributed by atoms with E-state index in [1.807, 2.05) is 0 Å². The van der Waals surface area contributed by atoms with Gasteiger partial charge in [0.1, 0.15) is 33.5 Å². The Labute approximate surface area is 428 Å². The molecular weight excluding hydrogens is 913 g/mol. The molecule has 0 saturated heterocycles. The van der Waals surface area contributed by atoms with Gasteiger partial charge in [-0.25, -0.2) is 0 Å². The molecule has 17 aromatic rings. The van der Waals surface area contributed by atoms with Crippen LogP contribution in [0.25, 0.3) is 175 Å². The van der Waals surface area contributed by atoms with Crippen LogP contribution in [-0.4, -0.2) is 0 Å². The minimum absolute atomic E-state index is 0.857. The Kier molecular flexibility index (Phi) is 8.28. The molecule has 3 heteroatoms. The SMILES string of the molecule is c1ccc2c(c1)ccc1oc3ccc(-c4c5ccccc5c(-c5cccc6c5oc5cccc(-c7c8ccccc8c(-c8ccc9oc%10ccc%11ccccc%11c%10c9c8)c8ccccc78)c56)c5ccccc45)cc3c12. The zero-order chi connectivity index (χ0) is 48.9. The summed E-state index contributed by atoms with van der Waals surface area (Å²) in [5.74, 6) is 0. The van der Waals surface area contributed by atoms with Crippen molar-refractivity contribution in [2.24, 2.45) is 0 Å². The van der Waals surface area contributed by atoms with Crippen LogP contribution in [0.2, 0.25) is 0 Å². The van der Waals surface area contributed by atoms with Crippen molar-refractivity contribution in [3.05, 3.63) is 243 Å². The molecule has 0 aliphatic carbocycles. The average Bonchev–Trinajstić information content (AvgIpc) is 4.18.